The Hall–Kier alpha value is -2.56. The van der Waals surface area contributed by atoms with Gasteiger partial charge in [-0.15, -0.1) is 0 Å². The van der Waals surface area contributed by atoms with Crippen LogP contribution in [-0.4, -0.2) is 37.6 Å². The maximum absolute atomic E-state index is 12.3. The number of hydrogen-bond donors (Lipinski definition) is 0. The molecule has 0 N–H and O–H groups in total. The van der Waals surface area contributed by atoms with Crippen molar-refractivity contribution in [2.75, 3.05) is 0 Å². The molecule has 0 aromatic heterocycles. The Morgan fingerprint density at radius 2 is 1.14 bits per heavy atom. The van der Waals surface area contributed by atoms with Gasteiger partial charge in [-0.25, -0.2) is 0 Å². The summed E-state index contributed by atoms with van der Waals surface area (Å²) in [5.74, 6) is -1.14. The van der Waals surface area contributed by atoms with E-state index in [4.69, 9.17) is 0 Å². The average Bonchev–Trinajstić information content (AvgIpc) is 3.06. The average molecular weight is 596 g/mol. The van der Waals surface area contributed by atoms with Gasteiger partial charge in [0.2, 0.25) is 0 Å². The SMILES string of the molecule is O=C([O-])c1ccc2cccc-2cc1.O=S1(=O)c2cccc[c]2[Bi+][c]2ccccc21. The molecule has 0 unspecified atom stereocenters. The van der Waals surface area contributed by atoms with Crippen molar-refractivity contribution in [3.63, 3.8) is 0 Å². The van der Waals surface area contributed by atoms with Crippen molar-refractivity contribution in [1.29, 1.82) is 0 Å². The zero-order valence-electron chi connectivity index (χ0n) is 15.1. The first-order chi connectivity index (χ1) is 14.0. The number of hydrogen-bond acceptors (Lipinski definition) is 4. The summed E-state index contributed by atoms with van der Waals surface area (Å²) in [6.45, 7) is 0. The molecule has 1 heterocycles. The van der Waals surface area contributed by atoms with Crippen LogP contribution in [0.15, 0.2) is 101 Å². The Morgan fingerprint density at radius 1 is 0.655 bits per heavy atom. The van der Waals surface area contributed by atoms with Gasteiger partial charge in [0, 0.05) is 0 Å². The second kappa shape index (κ2) is 8.05. The van der Waals surface area contributed by atoms with Crippen molar-refractivity contribution in [2.24, 2.45) is 0 Å². The van der Waals surface area contributed by atoms with Gasteiger partial charge in [-0.2, -0.15) is 0 Å². The molecule has 6 heteroatoms. The fourth-order valence-electron chi connectivity index (χ4n) is 3.10. The van der Waals surface area contributed by atoms with Gasteiger partial charge in [-0.05, 0) is 16.7 Å². The molecular weight excluding hydrogens is 581 g/mol. The number of carboxylic acid groups (broad SMARTS) is 1. The second-order valence-electron chi connectivity index (χ2n) is 6.40. The molecule has 2 aromatic carbocycles. The van der Waals surface area contributed by atoms with Crippen molar-refractivity contribution >= 4 is 45.6 Å². The quantitative estimate of drug-likeness (QED) is 0.276. The number of fused-ring (bicyclic) bond motifs is 3. The number of carbonyl (C=O) groups is 1. The van der Waals surface area contributed by atoms with Crippen molar-refractivity contribution < 1.29 is 18.3 Å². The van der Waals surface area contributed by atoms with E-state index in [1.54, 1.807) is 48.5 Å². The molecule has 142 valence electrons. The normalized spacial score (nSPS) is 13.5. The van der Waals surface area contributed by atoms with Crippen LogP contribution in [0.2, 0.25) is 0 Å². The van der Waals surface area contributed by atoms with E-state index in [0.717, 1.165) is 17.7 Å². The summed E-state index contributed by atoms with van der Waals surface area (Å²) in [5, 5.41) is 10.5. The van der Waals surface area contributed by atoms with Crippen molar-refractivity contribution in [3.05, 3.63) is 96.6 Å². The van der Waals surface area contributed by atoms with E-state index < -0.39 is 39.0 Å². The Bertz CT molecular complexity index is 1200. The topological polar surface area (TPSA) is 74.3 Å². The Labute approximate surface area is 180 Å². The summed E-state index contributed by atoms with van der Waals surface area (Å²) in [4.78, 5) is 11.6. The standard InChI is InChI=1S/C12H8O2S.C11H8O2.Bi/c13-15(14,11-7-3-1-4-8-11)12-9-5-2-6-10-12;12-11(13)10-6-4-8-2-1-3-9(8)5-7-10;/h1-7,9H;1-7H,(H,12,13);/q;;+1/p-1. The van der Waals surface area contributed by atoms with Crippen LogP contribution in [0.3, 0.4) is 0 Å². The summed E-state index contributed by atoms with van der Waals surface area (Å²) in [7, 11) is -3.26. The molecule has 0 saturated carbocycles. The van der Waals surface area contributed by atoms with Gasteiger partial charge in [-0.3, -0.25) is 0 Å². The van der Waals surface area contributed by atoms with Gasteiger partial charge in [0.05, 0.1) is 5.97 Å². The van der Waals surface area contributed by atoms with Crippen LogP contribution in [0.1, 0.15) is 10.4 Å². The van der Waals surface area contributed by atoms with Gasteiger partial charge in [-0.1, -0.05) is 42.5 Å². The summed E-state index contributed by atoms with van der Waals surface area (Å²) >= 11 is -1.05. The summed E-state index contributed by atoms with van der Waals surface area (Å²) in [5.41, 5.74) is 2.27. The zero-order valence-corrected chi connectivity index (χ0v) is 19.4. The number of sulfone groups is 1. The molecule has 5 rings (SSSR count). The van der Waals surface area contributed by atoms with E-state index in [0.29, 0.717) is 9.79 Å². The third kappa shape index (κ3) is 3.96. The minimum absolute atomic E-state index is 0.205. The third-order valence-corrected chi connectivity index (χ3v) is 12.6. The third-order valence-electron chi connectivity index (χ3n) is 4.56. The van der Waals surface area contributed by atoms with Crippen molar-refractivity contribution in [1.82, 2.24) is 0 Å². The van der Waals surface area contributed by atoms with Crippen LogP contribution < -0.4 is 11.6 Å². The molecule has 0 saturated heterocycles. The number of benzene rings is 2. The molecule has 0 fully saturated rings. The van der Waals surface area contributed by atoms with Gasteiger partial charge >= 0.3 is 106 Å². The predicted molar refractivity (Wildman–Crippen MR) is 111 cm³/mol. The zero-order chi connectivity index (χ0) is 20.4. The van der Waals surface area contributed by atoms with Crippen LogP contribution in [-0.2, 0) is 9.84 Å². The first-order valence-electron chi connectivity index (χ1n) is 8.82. The molecule has 0 bridgehead atoms. The molecule has 2 aliphatic carbocycles. The molecule has 4 nitrogen and oxygen atoms in total. The molecule has 2 radical (unpaired) electrons. The molecular formula is C23H15BiO4S. The van der Waals surface area contributed by atoms with Gasteiger partial charge < -0.3 is 9.90 Å². The van der Waals surface area contributed by atoms with E-state index in [2.05, 4.69) is 0 Å². The fraction of sp³-hybridized carbons (Fsp3) is 0. The molecule has 0 spiro atoms. The number of rotatable bonds is 1. The first kappa shape index (κ1) is 19.7. The predicted octanol–water partition coefficient (Wildman–Crippen LogP) is 1.64. The Kier molecular flexibility index (Phi) is 5.48. The van der Waals surface area contributed by atoms with Crippen LogP contribution in [0.25, 0.3) is 11.1 Å². The van der Waals surface area contributed by atoms with Crippen LogP contribution in [0.5, 0.6) is 0 Å². The molecule has 3 aliphatic rings. The van der Waals surface area contributed by atoms with Crippen LogP contribution >= 0.6 is 0 Å². The fourth-order valence-corrected chi connectivity index (χ4v) is 11.8. The van der Waals surface area contributed by atoms with E-state index in [1.807, 2.05) is 42.5 Å². The molecule has 0 atom stereocenters. The molecule has 0 amide bonds. The number of carboxylic acids is 1. The Morgan fingerprint density at radius 3 is 1.62 bits per heavy atom. The summed E-state index contributed by atoms with van der Waals surface area (Å²) in [6.07, 6.45) is 0. The van der Waals surface area contributed by atoms with E-state index in [1.165, 1.54) is 0 Å². The number of aromatic carboxylic acids is 1. The monoisotopic (exact) mass is 596 g/mol. The van der Waals surface area contributed by atoms with E-state index in [9.17, 15) is 18.3 Å². The second-order valence-corrected chi connectivity index (χ2v) is 12.9. The molecule has 2 aromatic rings. The summed E-state index contributed by atoms with van der Waals surface area (Å²) < 4.78 is 26.8. The van der Waals surface area contributed by atoms with E-state index >= 15 is 0 Å². The summed E-state index contributed by atoms with van der Waals surface area (Å²) in [6, 6.07) is 27.3. The first-order valence-corrected chi connectivity index (χ1v) is 13.8. The molecule has 29 heavy (non-hydrogen) atoms. The Balaban J connectivity index is 0.000000145. The molecule has 1 aliphatic heterocycles. The van der Waals surface area contributed by atoms with Gasteiger partial charge in [0.1, 0.15) is 0 Å². The maximum atomic E-state index is 12.3. The van der Waals surface area contributed by atoms with E-state index in [-0.39, 0.29) is 5.56 Å². The van der Waals surface area contributed by atoms with Gasteiger partial charge in [0.15, 0.2) is 0 Å². The van der Waals surface area contributed by atoms with Gasteiger partial charge in [0.25, 0.3) is 0 Å². The van der Waals surface area contributed by atoms with Crippen molar-refractivity contribution in [3.8, 4) is 11.1 Å². The van der Waals surface area contributed by atoms with Crippen LogP contribution in [0.4, 0.5) is 0 Å². The minimum atomic E-state index is -3.26. The van der Waals surface area contributed by atoms with Crippen molar-refractivity contribution in [2.45, 2.75) is 9.79 Å². The number of carbonyl (C=O) groups excluding carboxylic acids is 1. The van der Waals surface area contributed by atoms with Crippen LogP contribution in [0, 0.1) is 0 Å².